The summed E-state index contributed by atoms with van der Waals surface area (Å²) in [7, 11) is 0. The summed E-state index contributed by atoms with van der Waals surface area (Å²) in [6, 6.07) is 3.63. The molecule has 2 aromatic heterocycles. The maximum atomic E-state index is 12.0. The van der Waals surface area contributed by atoms with Gasteiger partial charge in [-0.05, 0) is 24.3 Å². The van der Waals surface area contributed by atoms with E-state index in [1.807, 2.05) is 24.4 Å². The smallest absolute Gasteiger partial charge is 0.315 e. The molecule has 1 fully saturated rings. The van der Waals surface area contributed by atoms with Gasteiger partial charge < -0.3 is 20.2 Å². The molecule has 1 saturated carbocycles. The Morgan fingerprint density at radius 3 is 3.12 bits per heavy atom. The number of nitrogens with one attached hydrogen (secondary N) is 2. The average molecular weight is 349 g/mol. The lowest BCUT2D eigenvalue weighted by atomic mass is 9.73. The van der Waals surface area contributed by atoms with Gasteiger partial charge in [0, 0.05) is 12.0 Å². The molecule has 2 amide bonds. The minimum Gasteiger partial charge on any atom is -0.443 e. The Hall–Kier alpha value is -1.86. The van der Waals surface area contributed by atoms with E-state index in [-0.39, 0.29) is 17.6 Å². The molecular weight excluding hydrogens is 326 g/mol. The fraction of sp³-hybridized carbons (Fsp3) is 0.529. The van der Waals surface area contributed by atoms with Crippen LogP contribution in [0.15, 0.2) is 28.2 Å². The van der Waals surface area contributed by atoms with Gasteiger partial charge in [0.2, 0.25) is 5.89 Å². The van der Waals surface area contributed by atoms with Crippen molar-refractivity contribution in [2.75, 3.05) is 6.54 Å². The third-order valence-corrected chi connectivity index (χ3v) is 5.50. The lowest BCUT2D eigenvalue weighted by Gasteiger charge is -2.38. The van der Waals surface area contributed by atoms with Crippen molar-refractivity contribution in [3.63, 3.8) is 0 Å². The number of amides is 2. The molecule has 2 heterocycles. The summed E-state index contributed by atoms with van der Waals surface area (Å²) >= 11 is 1.56. The molecule has 0 spiro atoms. The fourth-order valence-electron chi connectivity index (χ4n) is 3.00. The molecule has 0 bridgehead atoms. The molecule has 130 valence electrons. The average Bonchev–Trinajstić information content (AvgIpc) is 3.25. The van der Waals surface area contributed by atoms with Gasteiger partial charge in [0.1, 0.15) is 6.26 Å². The summed E-state index contributed by atoms with van der Waals surface area (Å²) < 4.78 is 5.42. The Morgan fingerprint density at radius 1 is 1.50 bits per heavy atom. The number of aliphatic hydroxyl groups is 1. The van der Waals surface area contributed by atoms with E-state index in [4.69, 9.17) is 4.42 Å². The fourth-order valence-corrected chi connectivity index (χ4v) is 3.66. The molecule has 1 aliphatic rings. The highest BCUT2D eigenvalue weighted by molar-refractivity contribution is 7.13. The monoisotopic (exact) mass is 349 g/mol. The molecule has 24 heavy (non-hydrogen) atoms. The van der Waals surface area contributed by atoms with E-state index in [0.717, 1.165) is 30.6 Å². The van der Waals surface area contributed by atoms with Crippen molar-refractivity contribution in [3.05, 3.63) is 29.5 Å². The number of carbonyl (C=O) groups is 1. The maximum absolute atomic E-state index is 12.0. The summed E-state index contributed by atoms with van der Waals surface area (Å²) in [5.74, 6) is 0.569. The zero-order valence-corrected chi connectivity index (χ0v) is 14.6. The van der Waals surface area contributed by atoms with E-state index in [1.54, 1.807) is 17.6 Å². The van der Waals surface area contributed by atoms with Gasteiger partial charge in [0.25, 0.3) is 0 Å². The van der Waals surface area contributed by atoms with Crippen molar-refractivity contribution in [3.8, 4) is 10.8 Å². The van der Waals surface area contributed by atoms with Gasteiger partial charge in [-0.15, -0.1) is 11.3 Å². The Kier molecular flexibility index (Phi) is 5.20. The van der Waals surface area contributed by atoms with E-state index < -0.39 is 0 Å². The number of oxazole rings is 1. The maximum Gasteiger partial charge on any atom is 0.315 e. The molecule has 2 unspecified atom stereocenters. The summed E-state index contributed by atoms with van der Waals surface area (Å²) in [4.78, 5) is 17.3. The molecule has 3 rings (SSSR count). The number of nitrogens with zero attached hydrogens (tertiary/aromatic N) is 1. The Bertz CT molecular complexity index is 670. The number of rotatable bonds is 5. The summed E-state index contributed by atoms with van der Waals surface area (Å²) in [5, 5.41) is 17.8. The van der Waals surface area contributed by atoms with Crippen molar-refractivity contribution in [1.82, 2.24) is 15.6 Å². The largest absolute Gasteiger partial charge is 0.443 e. The second-order valence-corrected chi connectivity index (χ2v) is 7.52. The normalized spacial score (nSPS) is 23.8. The summed E-state index contributed by atoms with van der Waals surface area (Å²) in [6.45, 7) is 2.81. The number of thiophene rings is 1. The van der Waals surface area contributed by atoms with Crippen LogP contribution in [0.4, 0.5) is 4.79 Å². The lowest BCUT2D eigenvalue weighted by Crippen LogP contribution is -2.47. The molecule has 2 aromatic rings. The highest BCUT2D eigenvalue weighted by Crippen LogP contribution is 2.35. The first-order chi connectivity index (χ1) is 11.6. The molecule has 0 aliphatic heterocycles. The number of hydrogen-bond donors (Lipinski definition) is 3. The summed E-state index contributed by atoms with van der Waals surface area (Å²) in [5.41, 5.74) is 0.438. The molecule has 2 atom stereocenters. The number of urea groups is 1. The second-order valence-electron chi connectivity index (χ2n) is 6.57. The predicted octanol–water partition coefficient (Wildman–Crippen LogP) is 3.14. The Morgan fingerprint density at radius 2 is 2.38 bits per heavy atom. The van der Waals surface area contributed by atoms with Crippen molar-refractivity contribution in [2.24, 2.45) is 5.41 Å². The molecule has 0 aromatic carbocycles. The van der Waals surface area contributed by atoms with Crippen LogP contribution in [0, 0.1) is 5.41 Å². The predicted molar refractivity (Wildman–Crippen MR) is 92.6 cm³/mol. The number of hydrogen-bond acceptors (Lipinski definition) is 5. The highest BCUT2D eigenvalue weighted by Gasteiger charge is 2.35. The van der Waals surface area contributed by atoms with Crippen LogP contribution in [-0.2, 0) is 6.54 Å². The SMILES string of the molecule is CC1(CNC(=O)NCc2coc(-c3cccs3)n2)CCCCC1O. The van der Waals surface area contributed by atoms with Gasteiger partial charge in [-0.1, -0.05) is 25.8 Å². The lowest BCUT2D eigenvalue weighted by molar-refractivity contribution is 0.00308. The van der Waals surface area contributed by atoms with E-state index in [0.29, 0.717) is 24.7 Å². The van der Waals surface area contributed by atoms with Gasteiger partial charge in [-0.3, -0.25) is 0 Å². The molecule has 3 N–H and O–H groups in total. The van der Waals surface area contributed by atoms with Crippen LogP contribution >= 0.6 is 11.3 Å². The van der Waals surface area contributed by atoms with Crippen molar-refractivity contribution in [1.29, 1.82) is 0 Å². The van der Waals surface area contributed by atoms with Gasteiger partial charge >= 0.3 is 6.03 Å². The summed E-state index contributed by atoms with van der Waals surface area (Å²) in [6.07, 6.45) is 5.10. The zero-order valence-electron chi connectivity index (χ0n) is 13.7. The highest BCUT2D eigenvalue weighted by atomic mass is 32.1. The van der Waals surface area contributed by atoms with Crippen LogP contribution in [0.3, 0.4) is 0 Å². The first-order valence-electron chi connectivity index (χ1n) is 8.25. The van der Waals surface area contributed by atoms with Crippen molar-refractivity contribution < 1.29 is 14.3 Å². The first-order valence-corrected chi connectivity index (χ1v) is 9.13. The van der Waals surface area contributed by atoms with Gasteiger partial charge in [-0.25, -0.2) is 9.78 Å². The first kappa shape index (κ1) is 17.0. The zero-order chi connectivity index (χ0) is 17.0. The van der Waals surface area contributed by atoms with Gasteiger partial charge in [0.15, 0.2) is 0 Å². The standard InChI is InChI=1S/C17H23N3O3S/c1-17(7-3-2-6-14(17)21)11-19-16(22)18-9-12-10-23-15(20-12)13-5-4-8-24-13/h4-5,8,10,14,21H,2-3,6-7,9,11H2,1H3,(H2,18,19,22). The van der Waals surface area contributed by atoms with Gasteiger partial charge in [-0.2, -0.15) is 0 Å². The minimum absolute atomic E-state index is 0.240. The second kappa shape index (κ2) is 7.36. The van der Waals surface area contributed by atoms with E-state index >= 15 is 0 Å². The van der Waals surface area contributed by atoms with Crippen molar-refractivity contribution in [2.45, 2.75) is 45.3 Å². The van der Waals surface area contributed by atoms with Gasteiger partial charge in [0.05, 0.1) is 23.2 Å². The van der Waals surface area contributed by atoms with E-state index in [9.17, 15) is 9.90 Å². The van der Waals surface area contributed by atoms with Crippen LogP contribution in [0.2, 0.25) is 0 Å². The van der Waals surface area contributed by atoms with E-state index in [1.165, 1.54) is 0 Å². The quantitative estimate of drug-likeness (QED) is 0.774. The third-order valence-electron chi connectivity index (χ3n) is 4.65. The topological polar surface area (TPSA) is 87.4 Å². The van der Waals surface area contributed by atoms with Crippen LogP contribution in [0.25, 0.3) is 10.8 Å². The molecule has 7 heteroatoms. The Labute approximate surface area is 145 Å². The Balaban J connectivity index is 1.46. The number of aromatic nitrogens is 1. The molecule has 6 nitrogen and oxygen atoms in total. The van der Waals surface area contributed by atoms with Crippen LogP contribution in [0.5, 0.6) is 0 Å². The number of aliphatic hydroxyl groups excluding tert-OH is 1. The minimum atomic E-state index is -0.351. The number of carbonyl (C=O) groups excluding carboxylic acids is 1. The molecular formula is C17H23N3O3S. The van der Waals surface area contributed by atoms with Crippen LogP contribution < -0.4 is 10.6 Å². The third kappa shape index (κ3) is 3.96. The van der Waals surface area contributed by atoms with E-state index in [2.05, 4.69) is 15.6 Å². The molecule has 0 saturated heterocycles. The van der Waals surface area contributed by atoms with Crippen LogP contribution in [-0.4, -0.2) is 28.8 Å². The van der Waals surface area contributed by atoms with Crippen molar-refractivity contribution >= 4 is 17.4 Å². The van der Waals surface area contributed by atoms with Crippen LogP contribution in [0.1, 0.15) is 38.3 Å². The molecule has 0 radical (unpaired) electrons. The molecule has 1 aliphatic carbocycles.